The van der Waals surface area contributed by atoms with Gasteiger partial charge in [0.1, 0.15) is 0 Å². The molecule has 2 rings (SSSR count). The summed E-state index contributed by atoms with van der Waals surface area (Å²) in [5, 5.41) is 3.44. The highest BCUT2D eigenvalue weighted by Gasteiger charge is 2.03. The first kappa shape index (κ1) is 10.5. The Bertz CT molecular complexity index is 478. The van der Waals surface area contributed by atoms with Crippen molar-refractivity contribution in [3.05, 3.63) is 35.2 Å². The van der Waals surface area contributed by atoms with Gasteiger partial charge in [-0.1, -0.05) is 18.2 Å². The van der Waals surface area contributed by atoms with Crippen molar-refractivity contribution in [3.8, 4) is 0 Å². The van der Waals surface area contributed by atoms with Crippen molar-refractivity contribution >= 4 is 39.1 Å². The van der Waals surface area contributed by atoms with Gasteiger partial charge in [-0.3, -0.25) is 4.79 Å². The van der Waals surface area contributed by atoms with Crippen LogP contribution in [0, 0.1) is 0 Å². The summed E-state index contributed by atoms with van der Waals surface area (Å²) in [5.41, 5.74) is 6.38. The third kappa shape index (κ3) is 2.52. The summed E-state index contributed by atoms with van der Waals surface area (Å²) in [5.74, 6) is 0.997. The molecule has 1 heterocycles. The number of thioether (sulfide) groups is 1. The molecule has 0 fully saturated rings. The van der Waals surface area contributed by atoms with Crippen LogP contribution in [0.4, 0.5) is 0 Å². The molecule has 0 unspecified atom stereocenters. The van der Waals surface area contributed by atoms with Crippen molar-refractivity contribution in [3.63, 3.8) is 0 Å². The number of thiophene rings is 1. The standard InChI is InChI=1S/C11H11NOS2/c12-11(13)7-14-5-8-6-15-10-4-2-1-3-9(8)10/h1-4,6H,5,7H2,(H2,12,13). The maximum Gasteiger partial charge on any atom is 0.227 e. The molecule has 2 N–H and O–H groups in total. The molecule has 0 aliphatic heterocycles. The van der Waals surface area contributed by atoms with Crippen LogP contribution >= 0.6 is 23.1 Å². The van der Waals surface area contributed by atoms with E-state index in [1.165, 1.54) is 15.6 Å². The molecule has 0 atom stereocenters. The van der Waals surface area contributed by atoms with Crippen LogP contribution in [0.3, 0.4) is 0 Å². The van der Waals surface area contributed by atoms with Gasteiger partial charge in [0.05, 0.1) is 5.75 Å². The van der Waals surface area contributed by atoms with Gasteiger partial charge in [-0.2, -0.15) is 0 Å². The van der Waals surface area contributed by atoms with E-state index in [2.05, 4.69) is 17.5 Å². The van der Waals surface area contributed by atoms with Gasteiger partial charge in [0.15, 0.2) is 0 Å². The molecular weight excluding hydrogens is 226 g/mol. The number of carbonyl (C=O) groups is 1. The molecule has 2 nitrogen and oxygen atoms in total. The second-order valence-corrected chi connectivity index (χ2v) is 5.11. The number of hydrogen-bond donors (Lipinski definition) is 1. The third-order valence-corrected chi connectivity index (χ3v) is 4.08. The molecule has 1 aromatic carbocycles. The van der Waals surface area contributed by atoms with Crippen LogP contribution in [-0.2, 0) is 10.5 Å². The molecule has 0 radical (unpaired) electrons. The molecule has 0 aliphatic carbocycles. The quantitative estimate of drug-likeness (QED) is 0.888. The van der Waals surface area contributed by atoms with Crippen molar-refractivity contribution in [2.45, 2.75) is 5.75 Å². The van der Waals surface area contributed by atoms with E-state index in [4.69, 9.17) is 5.73 Å². The lowest BCUT2D eigenvalue weighted by Crippen LogP contribution is -2.13. The number of fused-ring (bicyclic) bond motifs is 1. The van der Waals surface area contributed by atoms with Gasteiger partial charge in [0.25, 0.3) is 0 Å². The number of benzene rings is 1. The summed E-state index contributed by atoms with van der Waals surface area (Å²) in [6.45, 7) is 0. The highest BCUT2D eigenvalue weighted by Crippen LogP contribution is 2.28. The van der Waals surface area contributed by atoms with E-state index < -0.39 is 0 Å². The van der Waals surface area contributed by atoms with Crippen LogP contribution in [0.15, 0.2) is 29.6 Å². The Labute approximate surface area is 96.5 Å². The fraction of sp³-hybridized carbons (Fsp3) is 0.182. The molecule has 0 saturated carbocycles. The highest BCUT2D eigenvalue weighted by molar-refractivity contribution is 7.99. The molecular formula is C11H11NOS2. The first-order chi connectivity index (χ1) is 7.27. The smallest absolute Gasteiger partial charge is 0.227 e. The Hall–Kier alpha value is -1.00. The summed E-state index contributed by atoms with van der Waals surface area (Å²) in [4.78, 5) is 10.6. The van der Waals surface area contributed by atoms with Crippen LogP contribution in [-0.4, -0.2) is 11.7 Å². The molecule has 0 bridgehead atoms. The van der Waals surface area contributed by atoms with E-state index in [1.54, 1.807) is 23.1 Å². The van der Waals surface area contributed by atoms with Crippen LogP contribution < -0.4 is 5.73 Å². The van der Waals surface area contributed by atoms with Gasteiger partial charge in [0.2, 0.25) is 5.91 Å². The van der Waals surface area contributed by atoms with E-state index in [9.17, 15) is 4.79 Å². The number of rotatable bonds is 4. The summed E-state index contributed by atoms with van der Waals surface area (Å²) in [7, 11) is 0. The second kappa shape index (κ2) is 4.68. The van der Waals surface area contributed by atoms with Crippen LogP contribution in [0.25, 0.3) is 10.1 Å². The van der Waals surface area contributed by atoms with E-state index in [-0.39, 0.29) is 5.91 Å². The monoisotopic (exact) mass is 237 g/mol. The van der Waals surface area contributed by atoms with Gasteiger partial charge >= 0.3 is 0 Å². The first-order valence-corrected chi connectivity index (χ1v) is 6.62. The predicted molar refractivity (Wildman–Crippen MR) is 67.2 cm³/mol. The fourth-order valence-corrected chi connectivity index (χ4v) is 3.24. The van der Waals surface area contributed by atoms with E-state index in [1.807, 2.05) is 12.1 Å². The van der Waals surface area contributed by atoms with E-state index in [0.717, 1.165) is 5.75 Å². The summed E-state index contributed by atoms with van der Waals surface area (Å²) in [6.07, 6.45) is 0. The van der Waals surface area contributed by atoms with Crippen LogP contribution in [0.2, 0.25) is 0 Å². The topological polar surface area (TPSA) is 43.1 Å². The van der Waals surface area contributed by atoms with Crippen molar-refractivity contribution < 1.29 is 4.79 Å². The molecule has 0 aliphatic rings. The zero-order chi connectivity index (χ0) is 10.7. The second-order valence-electron chi connectivity index (χ2n) is 3.22. The van der Waals surface area contributed by atoms with Gasteiger partial charge in [-0.25, -0.2) is 0 Å². The normalized spacial score (nSPS) is 10.7. The number of nitrogens with two attached hydrogens (primary N) is 1. The minimum Gasteiger partial charge on any atom is -0.369 e. The van der Waals surface area contributed by atoms with Gasteiger partial charge < -0.3 is 5.73 Å². The fourth-order valence-electron chi connectivity index (χ4n) is 1.41. The average Bonchev–Trinajstić information content (AvgIpc) is 2.62. The molecule has 78 valence electrons. The Balaban J connectivity index is 2.11. The first-order valence-electron chi connectivity index (χ1n) is 4.58. The number of amides is 1. The maximum atomic E-state index is 10.6. The largest absolute Gasteiger partial charge is 0.369 e. The molecule has 0 saturated heterocycles. The van der Waals surface area contributed by atoms with E-state index >= 15 is 0 Å². The number of primary amides is 1. The minimum atomic E-state index is -0.250. The SMILES string of the molecule is NC(=O)CSCc1csc2ccccc12. The van der Waals surface area contributed by atoms with Crippen molar-refractivity contribution in [2.75, 3.05) is 5.75 Å². The average molecular weight is 237 g/mol. The summed E-state index contributed by atoms with van der Waals surface area (Å²) < 4.78 is 1.30. The zero-order valence-corrected chi connectivity index (χ0v) is 9.74. The molecule has 1 amide bonds. The predicted octanol–water partition coefficient (Wildman–Crippen LogP) is 2.62. The molecule has 15 heavy (non-hydrogen) atoms. The van der Waals surface area contributed by atoms with Gasteiger partial charge in [-0.05, 0) is 22.4 Å². The highest BCUT2D eigenvalue weighted by atomic mass is 32.2. The summed E-state index contributed by atoms with van der Waals surface area (Å²) >= 11 is 3.31. The maximum absolute atomic E-state index is 10.6. The molecule has 2 aromatic rings. The Kier molecular flexibility index (Phi) is 3.28. The number of hydrogen-bond acceptors (Lipinski definition) is 3. The van der Waals surface area contributed by atoms with Crippen molar-refractivity contribution in [1.29, 1.82) is 0 Å². The Morgan fingerprint density at radius 2 is 2.20 bits per heavy atom. The lowest BCUT2D eigenvalue weighted by molar-refractivity contribution is -0.115. The van der Waals surface area contributed by atoms with Crippen molar-refractivity contribution in [1.82, 2.24) is 0 Å². The lowest BCUT2D eigenvalue weighted by Gasteiger charge is -1.97. The third-order valence-electron chi connectivity index (χ3n) is 2.06. The van der Waals surface area contributed by atoms with Crippen LogP contribution in [0.1, 0.15) is 5.56 Å². The Morgan fingerprint density at radius 3 is 3.00 bits per heavy atom. The number of carbonyl (C=O) groups excluding carboxylic acids is 1. The van der Waals surface area contributed by atoms with Crippen LogP contribution in [0.5, 0.6) is 0 Å². The Morgan fingerprint density at radius 1 is 1.40 bits per heavy atom. The molecule has 0 spiro atoms. The van der Waals surface area contributed by atoms with Gasteiger partial charge in [0, 0.05) is 10.5 Å². The van der Waals surface area contributed by atoms with E-state index in [0.29, 0.717) is 5.75 Å². The minimum absolute atomic E-state index is 0.250. The van der Waals surface area contributed by atoms with Crippen molar-refractivity contribution in [2.24, 2.45) is 5.73 Å². The zero-order valence-electron chi connectivity index (χ0n) is 8.10. The lowest BCUT2D eigenvalue weighted by atomic mass is 10.2. The molecule has 4 heteroatoms. The summed E-state index contributed by atoms with van der Waals surface area (Å²) in [6, 6.07) is 8.31. The molecule has 1 aromatic heterocycles. The van der Waals surface area contributed by atoms with Gasteiger partial charge in [-0.15, -0.1) is 23.1 Å².